The predicted molar refractivity (Wildman–Crippen MR) is 168 cm³/mol. The van der Waals surface area contributed by atoms with E-state index >= 15 is 0 Å². The molecular formula is C28H32Br2N6O4S. The molecule has 0 radical (unpaired) electrons. The highest BCUT2D eigenvalue weighted by Gasteiger charge is 2.30. The van der Waals surface area contributed by atoms with E-state index in [2.05, 4.69) is 52.0 Å². The summed E-state index contributed by atoms with van der Waals surface area (Å²) in [5.74, 6) is 0.627. The van der Waals surface area contributed by atoms with Gasteiger partial charge >= 0.3 is 5.97 Å². The zero-order chi connectivity index (χ0) is 29.9. The van der Waals surface area contributed by atoms with Crippen LogP contribution in [0.15, 0.2) is 74.9 Å². The molecule has 218 valence electrons. The lowest BCUT2D eigenvalue weighted by atomic mass is 10.2. The van der Waals surface area contributed by atoms with Gasteiger partial charge in [0.1, 0.15) is 18.0 Å². The summed E-state index contributed by atoms with van der Waals surface area (Å²) in [7, 11) is -0.139. The lowest BCUT2D eigenvalue weighted by molar-refractivity contribution is -0.152. The zero-order valence-electron chi connectivity index (χ0n) is 23.4. The second-order valence-corrected chi connectivity index (χ2v) is 14.3. The number of hydrogen-bond acceptors (Lipinski definition) is 8. The van der Waals surface area contributed by atoms with Crippen molar-refractivity contribution in [3.63, 3.8) is 0 Å². The molecule has 2 heterocycles. The molecule has 2 aromatic carbocycles. The number of carbonyl (C=O) groups is 1. The van der Waals surface area contributed by atoms with Crippen LogP contribution in [-0.4, -0.2) is 73.2 Å². The van der Waals surface area contributed by atoms with E-state index in [1.165, 1.54) is 12.1 Å². The van der Waals surface area contributed by atoms with Crippen molar-refractivity contribution in [3.8, 4) is 5.82 Å². The first-order valence-electron chi connectivity index (χ1n) is 12.8. The van der Waals surface area contributed by atoms with Gasteiger partial charge in [0.2, 0.25) is 0 Å². The summed E-state index contributed by atoms with van der Waals surface area (Å²) in [6.45, 7) is 6.32. The fourth-order valence-corrected chi connectivity index (χ4v) is 7.11. The summed E-state index contributed by atoms with van der Waals surface area (Å²) >= 11 is 6.71. The number of benzene rings is 2. The summed E-state index contributed by atoms with van der Waals surface area (Å²) in [4.78, 5) is 24.0. The smallest absolute Gasteiger partial charge is 0.327 e. The van der Waals surface area contributed by atoms with Gasteiger partial charge in [-0.25, -0.2) is 18.4 Å². The predicted octanol–water partition coefficient (Wildman–Crippen LogP) is 5.46. The molecular weight excluding hydrogens is 676 g/mol. The van der Waals surface area contributed by atoms with Crippen LogP contribution in [0.2, 0.25) is 0 Å². The van der Waals surface area contributed by atoms with E-state index in [-0.39, 0.29) is 4.90 Å². The third kappa shape index (κ3) is 7.85. The number of fused-ring (bicyclic) bond motifs is 1. The van der Waals surface area contributed by atoms with Gasteiger partial charge in [-0.15, -0.1) is 0 Å². The number of rotatable bonds is 10. The molecule has 0 atom stereocenters. The van der Waals surface area contributed by atoms with Gasteiger partial charge < -0.3 is 15.0 Å². The van der Waals surface area contributed by atoms with E-state index in [1.807, 2.05) is 30.9 Å². The number of anilines is 2. The number of likely N-dealkylation sites (N-methyl/N-ethyl adjacent to an activating group) is 1. The lowest BCUT2D eigenvalue weighted by Crippen LogP contribution is -2.39. The molecule has 0 spiro atoms. The average Bonchev–Trinajstić information content (AvgIpc) is 3.29. The van der Waals surface area contributed by atoms with Crippen LogP contribution in [0.4, 0.5) is 11.5 Å². The number of nitrogens with zero attached hydrogens (tertiary/aromatic N) is 5. The van der Waals surface area contributed by atoms with Crippen molar-refractivity contribution >= 4 is 70.3 Å². The Labute approximate surface area is 257 Å². The molecule has 0 fully saturated rings. The Morgan fingerprint density at radius 1 is 1.02 bits per heavy atom. The van der Waals surface area contributed by atoms with Crippen molar-refractivity contribution in [2.45, 2.75) is 31.3 Å². The van der Waals surface area contributed by atoms with Crippen molar-refractivity contribution < 1.29 is 17.9 Å². The lowest BCUT2D eigenvalue weighted by Gasteiger charge is -2.26. The number of hydrogen-bond donors (Lipinski definition) is 1. The molecule has 13 heteroatoms. The number of sulfonamides is 1. The molecule has 0 unspecified atom stereocenters. The second-order valence-electron chi connectivity index (χ2n) is 10.6. The maximum atomic E-state index is 13.9. The fourth-order valence-electron chi connectivity index (χ4n) is 4.04. The molecule has 1 N–H and O–H groups in total. The summed E-state index contributed by atoms with van der Waals surface area (Å²) in [5, 5.41) is 4.00. The van der Waals surface area contributed by atoms with Crippen LogP contribution in [0.5, 0.6) is 0 Å². The van der Waals surface area contributed by atoms with Gasteiger partial charge in [0.05, 0.1) is 28.5 Å². The number of nitrogens with one attached hydrogen (secondary N) is 1. The molecule has 0 saturated carbocycles. The third-order valence-electron chi connectivity index (χ3n) is 5.83. The maximum absolute atomic E-state index is 13.9. The van der Waals surface area contributed by atoms with Gasteiger partial charge in [0.15, 0.2) is 5.82 Å². The van der Waals surface area contributed by atoms with Crippen LogP contribution < -0.4 is 9.62 Å². The highest BCUT2D eigenvalue weighted by Crippen LogP contribution is 2.31. The standard InChI is InChI=1S/C28H32Br2N6O4S/c1-28(2,3)40-27(37)18-36(41(38,39)23-14-20(29)13-21(30)15-23)22-6-7-24-19(12-22)8-10-35(24)26-17-32-25(16-33-26)31-9-11-34(4)5/h6-8,10,12-17H,9,11,18H2,1-5H3,(H,31,32). The highest BCUT2D eigenvalue weighted by molar-refractivity contribution is 9.11. The monoisotopic (exact) mass is 706 g/mol. The van der Waals surface area contributed by atoms with E-state index in [1.54, 1.807) is 57.4 Å². The molecule has 0 saturated heterocycles. The van der Waals surface area contributed by atoms with Gasteiger partial charge in [0, 0.05) is 33.6 Å². The Morgan fingerprint density at radius 3 is 2.34 bits per heavy atom. The zero-order valence-corrected chi connectivity index (χ0v) is 27.4. The molecule has 0 amide bonds. The van der Waals surface area contributed by atoms with Crippen molar-refractivity contribution in [1.29, 1.82) is 0 Å². The van der Waals surface area contributed by atoms with Crippen molar-refractivity contribution in [2.75, 3.05) is 43.4 Å². The quantitative estimate of drug-likeness (QED) is 0.217. The van der Waals surface area contributed by atoms with Crippen LogP contribution in [0.25, 0.3) is 16.7 Å². The van der Waals surface area contributed by atoms with E-state index in [0.717, 1.165) is 28.3 Å². The second kappa shape index (κ2) is 12.5. The Hall–Kier alpha value is -3.00. The molecule has 2 aromatic heterocycles. The van der Waals surface area contributed by atoms with Crippen LogP contribution in [0.1, 0.15) is 20.8 Å². The summed E-state index contributed by atoms with van der Waals surface area (Å²) < 4.78 is 37.3. The Bertz CT molecular complexity index is 1630. The third-order valence-corrected chi connectivity index (χ3v) is 8.50. The van der Waals surface area contributed by atoms with Crippen LogP contribution in [-0.2, 0) is 19.6 Å². The van der Waals surface area contributed by atoms with Crippen LogP contribution >= 0.6 is 31.9 Å². The Kier molecular flexibility index (Phi) is 9.42. The summed E-state index contributed by atoms with van der Waals surface area (Å²) in [5.41, 5.74) is 0.352. The topological polar surface area (TPSA) is 110 Å². The first-order valence-corrected chi connectivity index (χ1v) is 15.8. The summed E-state index contributed by atoms with van der Waals surface area (Å²) in [6.07, 6.45) is 5.20. The molecule has 41 heavy (non-hydrogen) atoms. The van der Waals surface area contributed by atoms with Gasteiger partial charge in [0.25, 0.3) is 10.0 Å². The van der Waals surface area contributed by atoms with Crippen LogP contribution in [0, 0.1) is 0 Å². The van der Waals surface area contributed by atoms with Crippen LogP contribution in [0.3, 0.4) is 0 Å². The van der Waals surface area contributed by atoms with Gasteiger partial charge in [-0.05, 0) is 77.3 Å². The molecule has 0 aliphatic rings. The van der Waals surface area contributed by atoms with Crippen molar-refractivity contribution in [1.82, 2.24) is 19.4 Å². The number of aromatic nitrogens is 3. The molecule has 0 aliphatic carbocycles. The number of carbonyl (C=O) groups excluding carboxylic acids is 1. The highest BCUT2D eigenvalue weighted by atomic mass is 79.9. The van der Waals surface area contributed by atoms with Crippen molar-refractivity contribution in [3.05, 3.63) is 70.0 Å². The number of esters is 1. The molecule has 10 nitrogen and oxygen atoms in total. The van der Waals surface area contributed by atoms with E-state index in [4.69, 9.17) is 4.74 Å². The first-order chi connectivity index (χ1) is 19.2. The minimum Gasteiger partial charge on any atom is -0.459 e. The average molecular weight is 708 g/mol. The molecule has 0 aliphatic heterocycles. The minimum absolute atomic E-state index is 0.0227. The Morgan fingerprint density at radius 2 is 1.73 bits per heavy atom. The van der Waals surface area contributed by atoms with Gasteiger partial charge in [-0.2, -0.15) is 0 Å². The van der Waals surface area contributed by atoms with E-state index in [0.29, 0.717) is 26.3 Å². The Balaban J connectivity index is 1.68. The summed E-state index contributed by atoms with van der Waals surface area (Å²) in [6, 6.07) is 11.8. The van der Waals surface area contributed by atoms with Crippen molar-refractivity contribution in [2.24, 2.45) is 0 Å². The molecule has 0 bridgehead atoms. The fraction of sp³-hybridized carbons (Fsp3) is 0.321. The maximum Gasteiger partial charge on any atom is 0.327 e. The number of ether oxygens (including phenoxy) is 1. The van der Waals surface area contributed by atoms with E-state index in [9.17, 15) is 13.2 Å². The number of halogens is 2. The normalized spacial score (nSPS) is 12.1. The molecule has 4 rings (SSSR count). The first kappa shape index (κ1) is 30.9. The van der Waals surface area contributed by atoms with Gasteiger partial charge in [-0.1, -0.05) is 31.9 Å². The minimum atomic E-state index is -4.15. The van der Waals surface area contributed by atoms with E-state index < -0.39 is 28.1 Å². The molecule has 4 aromatic rings. The van der Waals surface area contributed by atoms with Gasteiger partial charge in [-0.3, -0.25) is 13.7 Å². The largest absolute Gasteiger partial charge is 0.459 e. The SMILES string of the molecule is CN(C)CCNc1cnc(-n2ccc3cc(N(CC(=O)OC(C)(C)C)S(=O)(=O)c4cc(Br)cc(Br)c4)ccc32)cn1.